The molecule has 0 saturated carbocycles. The van der Waals surface area contributed by atoms with Gasteiger partial charge >= 0.3 is 0 Å². The molecule has 0 bridgehead atoms. The molecule has 1 aliphatic heterocycles. The first kappa shape index (κ1) is 12.7. The SMILES string of the molecule is COc1c(C(C)O)cc(Cl)c(C)c1C1CCN1. The molecule has 1 aromatic carbocycles. The molecule has 1 aromatic rings. The first-order valence-electron chi connectivity index (χ1n) is 5.84. The first-order valence-corrected chi connectivity index (χ1v) is 6.22. The molecule has 0 aromatic heterocycles. The highest BCUT2D eigenvalue weighted by Gasteiger charge is 2.27. The van der Waals surface area contributed by atoms with E-state index in [4.69, 9.17) is 16.3 Å². The van der Waals surface area contributed by atoms with Crippen molar-refractivity contribution in [3.63, 3.8) is 0 Å². The molecule has 94 valence electrons. The Morgan fingerprint density at radius 2 is 2.24 bits per heavy atom. The molecule has 1 saturated heterocycles. The van der Waals surface area contributed by atoms with E-state index >= 15 is 0 Å². The summed E-state index contributed by atoms with van der Waals surface area (Å²) in [5.74, 6) is 0.763. The van der Waals surface area contributed by atoms with Crippen LogP contribution in [0, 0.1) is 6.92 Å². The predicted molar refractivity (Wildman–Crippen MR) is 68.7 cm³/mol. The van der Waals surface area contributed by atoms with Gasteiger partial charge in [0.2, 0.25) is 0 Å². The van der Waals surface area contributed by atoms with Crippen LogP contribution in [0.3, 0.4) is 0 Å². The van der Waals surface area contributed by atoms with E-state index in [0.29, 0.717) is 11.1 Å². The summed E-state index contributed by atoms with van der Waals surface area (Å²) in [7, 11) is 1.64. The monoisotopic (exact) mass is 255 g/mol. The van der Waals surface area contributed by atoms with Crippen LogP contribution in [0.25, 0.3) is 0 Å². The summed E-state index contributed by atoms with van der Waals surface area (Å²) in [4.78, 5) is 0. The summed E-state index contributed by atoms with van der Waals surface area (Å²) in [5, 5.41) is 13.8. The highest BCUT2D eigenvalue weighted by Crippen LogP contribution is 2.41. The minimum Gasteiger partial charge on any atom is -0.496 e. The molecule has 0 amide bonds. The van der Waals surface area contributed by atoms with Crippen molar-refractivity contribution in [2.75, 3.05) is 13.7 Å². The Labute approximate surface area is 107 Å². The zero-order valence-corrected chi connectivity index (χ0v) is 11.1. The van der Waals surface area contributed by atoms with Crippen LogP contribution in [0.5, 0.6) is 5.75 Å². The van der Waals surface area contributed by atoms with Gasteiger partial charge in [-0.15, -0.1) is 0 Å². The maximum Gasteiger partial charge on any atom is 0.129 e. The quantitative estimate of drug-likeness (QED) is 0.873. The predicted octanol–water partition coefficient (Wildman–Crippen LogP) is 2.74. The number of hydrogen-bond donors (Lipinski definition) is 2. The first-order chi connectivity index (χ1) is 8.06. The fraction of sp³-hybridized carbons (Fsp3) is 0.538. The van der Waals surface area contributed by atoms with Gasteiger partial charge in [-0.3, -0.25) is 0 Å². The molecule has 2 atom stereocenters. The van der Waals surface area contributed by atoms with Crippen molar-refractivity contribution in [3.05, 3.63) is 27.8 Å². The van der Waals surface area contributed by atoms with Crippen molar-refractivity contribution in [1.82, 2.24) is 5.32 Å². The highest BCUT2D eigenvalue weighted by atomic mass is 35.5. The van der Waals surface area contributed by atoms with Gasteiger partial charge in [-0.05, 0) is 38.4 Å². The molecule has 1 aliphatic rings. The van der Waals surface area contributed by atoms with Gasteiger partial charge in [-0.1, -0.05) is 11.6 Å². The van der Waals surface area contributed by atoms with Crippen LogP contribution in [0.15, 0.2) is 6.07 Å². The van der Waals surface area contributed by atoms with Crippen LogP contribution in [0.1, 0.15) is 42.2 Å². The lowest BCUT2D eigenvalue weighted by Gasteiger charge is -2.32. The lowest BCUT2D eigenvalue weighted by atomic mass is 9.90. The minimum absolute atomic E-state index is 0.293. The molecule has 2 N–H and O–H groups in total. The number of aliphatic hydroxyl groups excluding tert-OH is 1. The summed E-state index contributed by atoms with van der Waals surface area (Å²) >= 11 is 6.22. The minimum atomic E-state index is -0.582. The Kier molecular flexibility index (Phi) is 3.61. The van der Waals surface area contributed by atoms with Crippen LogP contribution >= 0.6 is 11.6 Å². The number of rotatable bonds is 3. The van der Waals surface area contributed by atoms with Gasteiger partial charge in [0.05, 0.1) is 13.2 Å². The topological polar surface area (TPSA) is 41.5 Å². The third-order valence-electron chi connectivity index (χ3n) is 3.38. The Balaban J connectivity index is 2.60. The van der Waals surface area contributed by atoms with Gasteiger partial charge in [0.25, 0.3) is 0 Å². The van der Waals surface area contributed by atoms with Crippen LogP contribution < -0.4 is 10.1 Å². The van der Waals surface area contributed by atoms with Crippen LogP contribution in [-0.2, 0) is 0 Å². The van der Waals surface area contributed by atoms with Crippen molar-refractivity contribution in [2.24, 2.45) is 0 Å². The molecule has 0 spiro atoms. The largest absolute Gasteiger partial charge is 0.496 e. The zero-order chi connectivity index (χ0) is 12.6. The smallest absolute Gasteiger partial charge is 0.129 e. The van der Waals surface area contributed by atoms with Crippen molar-refractivity contribution in [2.45, 2.75) is 32.4 Å². The zero-order valence-electron chi connectivity index (χ0n) is 10.4. The summed E-state index contributed by atoms with van der Waals surface area (Å²) in [5.41, 5.74) is 2.87. The number of halogens is 1. The van der Waals surface area contributed by atoms with Gasteiger partial charge in [0.1, 0.15) is 5.75 Å². The van der Waals surface area contributed by atoms with Crippen LogP contribution in [-0.4, -0.2) is 18.8 Å². The van der Waals surface area contributed by atoms with Crippen molar-refractivity contribution in [3.8, 4) is 5.75 Å². The maximum atomic E-state index is 9.79. The number of benzene rings is 1. The average molecular weight is 256 g/mol. The lowest BCUT2D eigenvalue weighted by molar-refractivity contribution is 0.193. The molecule has 2 unspecified atom stereocenters. The highest BCUT2D eigenvalue weighted by molar-refractivity contribution is 6.31. The fourth-order valence-corrected chi connectivity index (χ4v) is 2.48. The van der Waals surface area contributed by atoms with Crippen LogP contribution in [0.2, 0.25) is 5.02 Å². The molecule has 4 heteroatoms. The molecular weight excluding hydrogens is 238 g/mol. The van der Waals surface area contributed by atoms with Gasteiger partial charge < -0.3 is 15.2 Å². The number of hydrogen-bond acceptors (Lipinski definition) is 3. The molecule has 3 nitrogen and oxygen atoms in total. The second kappa shape index (κ2) is 4.84. The molecule has 2 rings (SSSR count). The molecule has 17 heavy (non-hydrogen) atoms. The van der Waals surface area contributed by atoms with Crippen molar-refractivity contribution in [1.29, 1.82) is 0 Å². The summed E-state index contributed by atoms with van der Waals surface area (Å²) in [6.07, 6.45) is 0.499. The summed E-state index contributed by atoms with van der Waals surface area (Å²) < 4.78 is 5.47. The number of aliphatic hydroxyl groups is 1. The van der Waals surface area contributed by atoms with E-state index in [1.165, 1.54) is 0 Å². The second-order valence-electron chi connectivity index (χ2n) is 4.49. The Hall–Kier alpha value is -0.770. The maximum absolute atomic E-state index is 9.79. The van der Waals surface area contributed by atoms with E-state index in [2.05, 4.69) is 5.32 Å². The Morgan fingerprint density at radius 1 is 1.59 bits per heavy atom. The van der Waals surface area contributed by atoms with E-state index in [0.717, 1.165) is 35.4 Å². The summed E-state index contributed by atoms with van der Waals surface area (Å²) in [6, 6.07) is 2.09. The average Bonchev–Trinajstić information content (AvgIpc) is 2.21. The second-order valence-corrected chi connectivity index (χ2v) is 4.90. The third-order valence-corrected chi connectivity index (χ3v) is 3.77. The Morgan fingerprint density at radius 3 is 2.65 bits per heavy atom. The molecular formula is C13H18ClNO2. The Bertz CT molecular complexity index is 428. The van der Waals surface area contributed by atoms with Gasteiger partial charge in [0.15, 0.2) is 0 Å². The van der Waals surface area contributed by atoms with Gasteiger partial charge in [0, 0.05) is 22.2 Å². The normalized spacial score (nSPS) is 20.9. The number of methoxy groups -OCH3 is 1. The van der Waals surface area contributed by atoms with Crippen molar-refractivity contribution >= 4 is 11.6 Å². The standard InChI is InChI=1S/C13H18ClNO2/c1-7-10(14)6-9(8(2)16)13(17-3)12(7)11-4-5-15-11/h6,8,11,15-16H,4-5H2,1-3H3. The van der Waals surface area contributed by atoms with E-state index in [-0.39, 0.29) is 0 Å². The molecule has 0 radical (unpaired) electrons. The molecule has 1 heterocycles. The van der Waals surface area contributed by atoms with E-state index in [9.17, 15) is 5.11 Å². The summed E-state index contributed by atoms with van der Waals surface area (Å²) in [6.45, 7) is 4.73. The van der Waals surface area contributed by atoms with E-state index in [1.54, 1.807) is 20.1 Å². The van der Waals surface area contributed by atoms with Gasteiger partial charge in [-0.2, -0.15) is 0 Å². The lowest BCUT2D eigenvalue weighted by Crippen LogP contribution is -2.36. The van der Waals surface area contributed by atoms with Gasteiger partial charge in [-0.25, -0.2) is 0 Å². The number of nitrogens with one attached hydrogen (secondary N) is 1. The van der Waals surface area contributed by atoms with E-state index in [1.807, 2.05) is 6.92 Å². The number of ether oxygens (including phenoxy) is 1. The third kappa shape index (κ3) is 2.15. The van der Waals surface area contributed by atoms with E-state index < -0.39 is 6.10 Å². The molecule has 1 fully saturated rings. The van der Waals surface area contributed by atoms with Crippen LogP contribution in [0.4, 0.5) is 0 Å². The molecule has 0 aliphatic carbocycles. The van der Waals surface area contributed by atoms with Crippen molar-refractivity contribution < 1.29 is 9.84 Å². The fourth-order valence-electron chi connectivity index (χ4n) is 2.26.